The van der Waals surface area contributed by atoms with Crippen LogP contribution in [-0.2, 0) is 6.42 Å². The average Bonchev–Trinajstić information content (AvgIpc) is 2.52. The van der Waals surface area contributed by atoms with E-state index in [2.05, 4.69) is 0 Å². The lowest BCUT2D eigenvalue weighted by Gasteiger charge is -2.31. The Bertz CT molecular complexity index is 851. The number of aliphatic hydroxyl groups excluding tert-OH is 1. The van der Waals surface area contributed by atoms with Crippen molar-refractivity contribution in [3.63, 3.8) is 0 Å². The van der Waals surface area contributed by atoms with E-state index in [4.69, 9.17) is 9.84 Å². The lowest BCUT2D eigenvalue weighted by atomic mass is 9.92. The van der Waals surface area contributed by atoms with E-state index in [1.165, 1.54) is 0 Å². The SMILES string of the molecule is O=C(O)c1c(O)cc2c(c1O)C[C@@H](O)[C@@H](c1cc(O)c(O)c(O)c1)O2. The number of phenolic OH excluding ortho intramolecular Hbond substituents is 3. The highest BCUT2D eigenvalue weighted by Crippen LogP contribution is 2.46. The van der Waals surface area contributed by atoms with Gasteiger partial charge < -0.3 is 40.5 Å². The Morgan fingerprint density at radius 2 is 1.56 bits per heavy atom. The van der Waals surface area contributed by atoms with Gasteiger partial charge in [0.1, 0.15) is 22.8 Å². The number of aromatic hydroxyl groups is 5. The maximum atomic E-state index is 11.1. The normalized spacial score (nSPS) is 19.1. The Hall–Kier alpha value is -3.33. The van der Waals surface area contributed by atoms with Crippen molar-refractivity contribution in [3.05, 3.63) is 34.9 Å². The number of ether oxygens (including phenoxy) is 1. The summed E-state index contributed by atoms with van der Waals surface area (Å²) in [7, 11) is 0. The van der Waals surface area contributed by atoms with Gasteiger partial charge in [-0.25, -0.2) is 4.79 Å². The standard InChI is InChI=1S/C16H14O9/c17-7-4-11-6(13(21)12(7)16(23)24)3-10(20)15(25-11)5-1-8(18)14(22)9(19)2-5/h1-2,4,10,15,17-22H,3H2,(H,23,24)/t10-,15-/m1/s1. The number of aromatic carboxylic acids is 1. The second kappa shape index (κ2) is 5.64. The molecule has 1 heterocycles. The van der Waals surface area contributed by atoms with Crippen LogP contribution in [0.25, 0.3) is 0 Å². The number of fused-ring (bicyclic) bond motifs is 1. The third-order valence-corrected chi connectivity index (χ3v) is 4.00. The number of carbonyl (C=O) groups is 1. The fraction of sp³-hybridized carbons (Fsp3) is 0.188. The molecule has 132 valence electrons. The number of hydrogen-bond acceptors (Lipinski definition) is 8. The largest absolute Gasteiger partial charge is 0.507 e. The molecular weight excluding hydrogens is 336 g/mol. The number of rotatable bonds is 2. The second-order valence-corrected chi connectivity index (χ2v) is 5.62. The Morgan fingerprint density at radius 3 is 2.12 bits per heavy atom. The first-order valence-corrected chi connectivity index (χ1v) is 7.11. The molecule has 0 unspecified atom stereocenters. The van der Waals surface area contributed by atoms with Crippen LogP contribution >= 0.6 is 0 Å². The molecule has 0 bridgehead atoms. The van der Waals surface area contributed by atoms with Gasteiger partial charge in [-0.2, -0.15) is 0 Å². The van der Waals surface area contributed by atoms with E-state index in [1.807, 2.05) is 0 Å². The lowest BCUT2D eigenvalue weighted by molar-refractivity contribution is 0.0194. The molecule has 0 spiro atoms. The molecule has 1 aliphatic rings. The summed E-state index contributed by atoms with van der Waals surface area (Å²) >= 11 is 0. The number of aliphatic hydroxyl groups is 1. The molecule has 0 aliphatic carbocycles. The molecule has 25 heavy (non-hydrogen) atoms. The first kappa shape index (κ1) is 16.5. The predicted octanol–water partition coefficient (Wildman–Crippen LogP) is 0.950. The van der Waals surface area contributed by atoms with Crippen LogP contribution in [0, 0.1) is 0 Å². The summed E-state index contributed by atoms with van der Waals surface area (Å²) in [6.45, 7) is 0. The van der Waals surface area contributed by atoms with Gasteiger partial charge in [-0.15, -0.1) is 0 Å². The predicted molar refractivity (Wildman–Crippen MR) is 81.2 cm³/mol. The van der Waals surface area contributed by atoms with Gasteiger partial charge in [0.25, 0.3) is 0 Å². The van der Waals surface area contributed by atoms with Crippen molar-refractivity contribution in [1.82, 2.24) is 0 Å². The monoisotopic (exact) mass is 350 g/mol. The number of hydrogen-bond donors (Lipinski definition) is 7. The summed E-state index contributed by atoms with van der Waals surface area (Å²) in [5.74, 6) is -4.99. The molecule has 0 saturated carbocycles. The first-order valence-electron chi connectivity index (χ1n) is 7.11. The molecule has 0 radical (unpaired) electrons. The fourth-order valence-electron chi connectivity index (χ4n) is 2.80. The first-order chi connectivity index (χ1) is 11.7. The van der Waals surface area contributed by atoms with Gasteiger partial charge in [-0.1, -0.05) is 0 Å². The quantitative estimate of drug-likeness (QED) is 0.390. The highest BCUT2D eigenvalue weighted by atomic mass is 16.5. The minimum absolute atomic E-state index is 0.00572. The molecular formula is C16H14O9. The van der Waals surface area contributed by atoms with Crippen molar-refractivity contribution < 1.29 is 45.3 Å². The summed E-state index contributed by atoms with van der Waals surface area (Å²) in [4.78, 5) is 11.1. The van der Waals surface area contributed by atoms with Gasteiger partial charge in [0.15, 0.2) is 23.4 Å². The Morgan fingerprint density at radius 1 is 0.960 bits per heavy atom. The summed E-state index contributed by atoms with van der Waals surface area (Å²) in [6.07, 6.45) is -2.55. The Balaban J connectivity index is 2.06. The van der Waals surface area contributed by atoms with Gasteiger partial charge in [0.2, 0.25) is 0 Å². The molecule has 9 heteroatoms. The van der Waals surface area contributed by atoms with E-state index in [1.54, 1.807) is 0 Å². The summed E-state index contributed by atoms with van der Waals surface area (Å²) in [6, 6.07) is 3.16. The van der Waals surface area contributed by atoms with Gasteiger partial charge in [-0.05, 0) is 12.1 Å². The van der Waals surface area contributed by atoms with Crippen LogP contribution in [0.15, 0.2) is 18.2 Å². The van der Waals surface area contributed by atoms with Crippen molar-refractivity contribution >= 4 is 5.97 Å². The number of carboxylic acid groups (broad SMARTS) is 1. The van der Waals surface area contributed by atoms with Crippen molar-refractivity contribution in [2.75, 3.05) is 0 Å². The third kappa shape index (κ3) is 2.60. The maximum Gasteiger partial charge on any atom is 0.343 e. The van der Waals surface area contributed by atoms with Crippen LogP contribution in [0.2, 0.25) is 0 Å². The molecule has 0 saturated heterocycles. The molecule has 1 aliphatic heterocycles. The minimum Gasteiger partial charge on any atom is -0.507 e. The van der Waals surface area contributed by atoms with Gasteiger partial charge >= 0.3 is 5.97 Å². The summed E-state index contributed by atoms with van der Waals surface area (Å²) in [5.41, 5.74) is -0.564. The molecule has 0 fully saturated rings. The topological polar surface area (TPSA) is 168 Å². The van der Waals surface area contributed by atoms with E-state index >= 15 is 0 Å². The van der Waals surface area contributed by atoms with Crippen LogP contribution in [0.1, 0.15) is 27.6 Å². The van der Waals surface area contributed by atoms with E-state index < -0.39 is 52.5 Å². The van der Waals surface area contributed by atoms with Crippen molar-refractivity contribution in [3.8, 4) is 34.5 Å². The Labute approximate surface area is 140 Å². The fourth-order valence-corrected chi connectivity index (χ4v) is 2.80. The lowest BCUT2D eigenvalue weighted by Crippen LogP contribution is -2.30. The van der Waals surface area contributed by atoms with E-state index in [9.17, 15) is 35.4 Å². The molecule has 2 aromatic rings. The molecule has 0 amide bonds. The summed E-state index contributed by atoms with van der Waals surface area (Å²) in [5, 5.41) is 67.7. The van der Waals surface area contributed by atoms with Gasteiger partial charge in [0.05, 0.1) is 6.10 Å². The molecule has 7 N–H and O–H groups in total. The van der Waals surface area contributed by atoms with E-state index in [0.717, 1.165) is 18.2 Å². The number of benzene rings is 2. The minimum atomic E-state index is -1.54. The zero-order chi connectivity index (χ0) is 18.5. The summed E-state index contributed by atoms with van der Waals surface area (Å²) < 4.78 is 5.51. The molecule has 2 atom stereocenters. The van der Waals surface area contributed by atoms with Gasteiger partial charge in [0, 0.05) is 23.6 Å². The molecule has 9 nitrogen and oxygen atoms in total. The molecule has 0 aromatic heterocycles. The average molecular weight is 350 g/mol. The van der Waals surface area contributed by atoms with Crippen molar-refractivity contribution in [2.24, 2.45) is 0 Å². The zero-order valence-electron chi connectivity index (χ0n) is 12.5. The van der Waals surface area contributed by atoms with Crippen LogP contribution in [0.5, 0.6) is 34.5 Å². The van der Waals surface area contributed by atoms with Gasteiger partial charge in [-0.3, -0.25) is 0 Å². The van der Waals surface area contributed by atoms with Crippen LogP contribution in [0.3, 0.4) is 0 Å². The Kier molecular flexibility index (Phi) is 3.73. The third-order valence-electron chi connectivity index (χ3n) is 4.00. The molecule has 3 rings (SSSR count). The van der Waals surface area contributed by atoms with Crippen LogP contribution < -0.4 is 4.74 Å². The van der Waals surface area contributed by atoms with E-state index in [0.29, 0.717) is 0 Å². The smallest absolute Gasteiger partial charge is 0.343 e. The van der Waals surface area contributed by atoms with E-state index in [-0.39, 0.29) is 23.3 Å². The van der Waals surface area contributed by atoms with Crippen LogP contribution in [0.4, 0.5) is 0 Å². The molecule has 2 aromatic carbocycles. The van der Waals surface area contributed by atoms with Crippen LogP contribution in [-0.4, -0.2) is 47.8 Å². The highest BCUT2D eigenvalue weighted by Gasteiger charge is 2.35. The number of carboxylic acids is 1. The maximum absolute atomic E-state index is 11.1. The highest BCUT2D eigenvalue weighted by molar-refractivity contribution is 5.95. The van der Waals surface area contributed by atoms with Crippen molar-refractivity contribution in [1.29, 1.82) is 0 Å². The van der Waals surface area contributed by atoms with Crippen molar-refractivity contribution in [2.45, 2.75) is 18.6 Å². The second-order valence-electron chi connectivity index (χ2n) is 5.62. The number of phenols is 5. The zero-order valence-corrected chi connectivity index (χ0v) is 12.5.